The summed E-state index contributed by atoms with van der Waals surface area (Å²) >= 11 is 0. The van der Waals surface area contributed by atoms with E-state index < -0.39 is 0 Å². The van der Waals surface area contributed by atoms with Crippen molar-refractivity contribution in [3.05, 3.63) is 35.4 Å². The van der Waals surface area contributed by atoms with E-state index in [0.717, 1.165) is 13.0 Å². The SMILES string of the molecule is CCc1ccc(CNC2(C)CCC2)cc1. The molecular weight excluding hydrogens is 182 g/mol. The van der Waals surface area contributed by atoms with Gasteiger partial charge in [-0.15, -0.1) is 0 Å². The highest BCUT2D eigenvalue weighted by molar-refractivity contribution is 5.22. The fourth-order valence-electron chi connectivity index (χ4n) is 2.09. The summed E-state index contributed by atoms with van der Waals surface area (Å²) < 4.78 is 0. The van der Waals surface area contributed by atoms with E-state index >= 15 is 0 Å². The maximum atomic E-state index is 3.65. The number of rotatable bonds is 4. The lowest BCUT2D eigenvalue weighted by atomic mass is 9.78. The van der Waals surface area contributed by atoms with Gasteiger partial charge in [-0.25, -0.2) is 0 Å². The van der Waals surface area contributed by atoms with Crippen LogP contribution in [-0.4, -0.2) is 5.54 Å². The maximum Gasteiger partial charge on any atom is 0.0210 e. The van der Waals surface area contributed by atoms with Crippen molar-refractivity contribution in [2.24, 2.45) is 0 Å². The summed E-state index contributed by atoms with van der Waals surface area (Å²) in [5, 5.41) is 3.65. The molecule has 1 heteroatoms. The van der Waals surface area contributed by atoms with Crippen LogP contribution >= 0.6 is 0 Å². The maximum absolute atomic E-state index is 3.65. The predicted octanol–water partition coefficient (Wildman–Crippen LogP) is 3.28. The highest BCUT2D eigenvalue weighted by Crippen LogP contribution is 2.31. The molecule has 1 fully saturated rings. The summed E-state index contributed by atoms with van der Waals surface area (Å²) in [5.74, 6) is 0. The molecule has 0 unspecified atom stereocenters. The lowest BCUT2D eigenvalue weighted by molar-refractivity contribution is 0.207. The second-order valence-corrected chi connectivity index (χ2v) is 4.94. The quantitative estimate of drug-likeness (QED) is 0.792. The largest absolute Gasteiger partial charge is 0.307 e. The summed E-state index contributed by atoms with van der Waals surface area (Å²) in [6, 6.07) is 8.96. The first kappa shape index (κ1) is 10.7. The second kappa shape index (κ2) is 4.36. The Morgan fingerprint density at radius 2 is 1.73 bits per heavy atom. The Morgan fingerprint density at radius 1 is 1.13 bits per heavy atom. The number of hydrogen-bond donors (Lipinski definition) is 1. The van der Waals surface area contributed by atoms with Gasteiger partial charge in [-0.05, 0) is 43.7 Å². The van der Waals surface area contributed by atoms with Crippen molar-refractivity contribution in [2.45, 2.75) is 51.6 Å². The van der Waals surface area contributed by atoms with Crippen LogP contribution in [0.3, 0.4) is 0 Å². The van der Waals surface area contributed by atoms with Crippen molar-refractivity contribution in [3.63, 3.8) is 0 Å². The highest BCUT2D eigenvalue weighted by Gasteiger charge is 2.30. The Morgan fingerprint density at radius 3 is 2.20 bits per heavy atom. The van der Waals surface area contributed by atoms with E-state index in [0.29, 0.717) is 5.54 Å². The minimum Gasteiger partial charge on any atom is -0.307 e. The van der Waals surface area contributed by atoms with Gasteiger partial charge in [0.2, 0.25) is 0 Å². The zero-order valence-electron chi connectivity index (χ0n) is 9.84. The molecule has 0 heterocycles. The van der Waals surface area contributed by atoms with E-state index in [1.54, 1.807) is 0 Å². The molecule has 15 heavy (non-hydrogen) atoms. The van der Waals surface area contributed by atoms with Crippen molar-refractivity contribution in [1.82, 2.24) is 5.32 Å². The van der Waals surface area contributed by atoms with Crippen LogP contribution in [0.25, 0.3) is 0 Å². The minimum atomic E-state index is 0.420. The Labute approximate surface area is 92.9 Å². The summed E-state index contributed by atoms with van der Waals surface area (Å²) in [7, 11) is 0. The summed E-state index contributed by atoms with van der Waals surface area (Å²) in [6.07, 6.45) is 5.18. The van der Waals surface area contributed by atoms with Gasteiger partial charge >= 0.3 is 0 Å². The number of benzene rings is 1. The average Bonchev–Trinajstić information content (AvgIpc) is 2.24. The third-order valence-corrected chi connectivity index (χ3v) is 3.61. The normalized spacial score (nSPS) is 18.5. The van der Waals surface area contributed by atoms with Crippen LogP contribution in [0, 0.1) is 0 Å². The Balaban J connectivity index is 1.87. The Bertz CT molecular complexity index is 309. The number of nitrogens with one attached hydrogen (secondary N) is 1. The lowest BCUT2D eigenvalue weighted by Crippen LogP contribution is -2.47. The molecule has 0 spiro atoms. The zero-order chi connectivity index (χ0) is 10.7. The topological polar surface area (TPSA) is 12.0 Å². The van der Waals surface area contributed by atoms with Crippen molar-refractivity contribution in [2.75, 3.05) is 0 Å². The molecule has 2 rings (SSSR count). The van der Waals surface area contributed by atoms with E-state index in [2.05, 4.69) is 43.4 Å². The van der Waals surface area contributed by atoms with Crippen LogP contribution in [-0.2, 0) is 13.0 Å². The van der Waals surface area contributed by atoms with Crippen molar-refractivity contribution in [3.8, 4) is 0 Å². The number of aryl methyl sites for hydroxylation is 1. The van der Waals surface area contributed by atoms with E-state index in [1.165, 1.54) is 30.4 Å². The van der Waals surface area contributed by atoms with Crippen molar-refractivity contribution in [1.29, 1.82) is 0 Å². The van der Waals surface area contributed by atoms with Crippen molar-refractivity contribution >= 4 is 0 Å². The van der Waals surface area contributed by atoms with Crippen LogP contribution in [0.1, 0.15) is 44.2 Å². The molecular formula is C14H21N. The van der Waals surface area contributed by atoms with Gasteiger partial charge in [0.05, 0.1) is 0 Å². The first-order valence-electron chi connectivity index (χ1n) is 6.05. The third-order valence-electron chi connectivity index (χ3n) is 3.61. The molecule has 0 amide bonds. The number of hydrogen-bond acceptors (Lipinski definition) is 1. The molecule has 0 atom stereocenters. The van der Waals surface area contributed by atoms with Gasteiger partial charge in [0.15, 0.2) is 0 Å². The first-order valence-corrected chi connectivity index (χ1v) is 6.05. The van der Waals surface area contributed by atoms with E-state index in [4.69, 9.17) is 0 Å². The smallest absolute Gasteiger partial charge is 0.0210 e. The third kappa shape index (κ3) is 2.60. The molecule has 1 aliphatic carbocycles. The molecule has 0 saturated heterocycles. The van der Waals surface area contributed by atoms with Gasteiger partial charge in [-0.1, -0.05) is 31.2 Å². The van der Waals surface area contributed by atoms with E-state index in [1.807, 2.05) is 0 Å². The molecule has 1 N–H and O–H groups in total. The van der Waals surface area contributed by atoms with Gasteiger partial charge in [-0.3, -0.25) is 0 Å². The predicted molar refractivity (Wildman–Crippen MR) is 64.9 cm³/mol. The second-order valence-electron chi connectivity index (χ2n) is 4.94. The molecule has 0 bridgehead atoms. The molecule has 1 nitrogen and oxygen atoms in total. The summed E-state index contributed by atoms with van der Waals surface area (Å²) in [6.45, 7) is 5.54. The van der Waals surface area contributed by atoms with Gasteiger partial charge in [0, 0.05) is 12.1 Å². The Hall–Kier alpha value is -0.820. The van der Waals surface area contributed by atoms with Gasteiger partial charge in [-0.2, -0.15) is 0 Å². The summed E-state index contributed by atoms with van der Waals surface area (Å²) in [4.78, 5) is 0. The average molecular weight is 203 g/mol. The molecule has 1 aromatic rings. The fraction of sp³-hybridized carbons (Fsp3) is 0.571. The molecule has 0 radical (unpaired) electrons. The van der Waals surface area contributed by atoms with E-state index in [-0.39, 0.29) is 0 Å². The molecule has 1 aliphatic rings. The molecule has 82 valence electrons. The van der Waals surface area contributed by atoms with E-state index in [9.17, 15) is 0 Å². The van der Waals surface area contributed by atoms with Crippen LogP contribution in [0.2, 0.25) is 0 Å². The first-order chi connectivity index (χ1) is 7.22. The van der Waals surface area contributed by atoms with Crippen LogP contribution in [0.4, 0.5) is 0 Å². The molecule has 0 aliphatic heterocycles. The lowest BCUT2D eigenvalue weighted by Gasteiger charge is -2.39. The molecule has 1 aromatic carbocycles. The molecule has 0 aromatic heterocycles. The molecule has 1 saturated carbocycles. The Kier molecular flexibility index (Phi) is 3.11. The summed E-state index contributed by atoms with van der Waals surface area (Å²) in [5.41, 5.74) is 3.25. The van der Waals surface area contributed by atoms with Gasteiger partial charge in [0.1, 0.15) is 0 Å². The highest BCUT2D eigenvalue weighted by atomic mass is 15.0. The van der Waals surface area contributed by atoms with Crippen LogP contribution < -0.4 is 5.32 Å². The monoisotopic (exact) mass is 203 g/mol. The fourth-order valence-corrected chi connectivity index (χ4v) is 2.09. The zero-order valence-corrected chi connectivity index (χ0v) is 9.84. The minimum absolute atomic E-state index is 0.420. The van der Waals surface area contributed by atoms with Gasteiger partial charge in [0.25, 0.3) is 0 Å². The van der Waals surface area contributed by atoms with Crippen molar-refractivity contribution < 1.29 is 0 Å². The van der Waals surface area contributed by atoms with Gasteiger partial charge < -0.3 is 5.32 Å². The van der Waals surface area contributed by atoms with Crippen LogP contribution in [0.5, 0.6) is 0 Å². The van der Waals surface area contributed by atoms with Crippen LogP contribution in [0.15, 0.2) is 24.3 Å². The standard InChI is InChI=1S/C14H21N/c1-3-12-5-7-13(8-6-12)11-15-14(2)9-4-10-14/h5-8,15H,3-4,9-11H2,1-2H3.